The molecule has 0 radical (unpaired) electrons. The summed E-state index contributed by atoms with van der Waals surface area (Å²) in [6, 6.07) is 3.65. The minimum absolute atomic E-state index is 0.0361. The lowest BCUT2D eigenvalue weighted by atomic mass is 10.1. The van der Waals surface area contributed by atoms with Gasteiger partial charge in [-0.15, -0.1) is 0 Å². The first-order valence-corrected chi connectivity index (χ1v) is 9.59. The number of rotatable bonds is 10. The maximum absolute atomic E-state index is 12.3. The fraction of sp³-hybridized carbons (Fsp3) is 0.421. The van der Waals surface area contributed by atoms with Crippen LogP contribution in [0.4, 0.5) is 5.69 Å². The summed E-state index contributed by atoms with van der Waals surface area (Å²) in [5.41, 5.74) is 1.49. The van der Waals surface area contributed by atoms with E-state index in [2.05, 4.69) is 25.6 Å². The van der Waals surface area contributed by atoms with E-state index in [4.69, 9.17) is 5.11 Å². The van der Waals surface area contributed by atoms with Gasteiger partial charge >= 0.3 is 5.69 Å². The number of benzene rings is 1. The van der Waals surface area contributed by atoms with E-state index in [1.165, 1.54) is 0 Å². The number of nitrogens with one attached hydrogen (secondary N) is 3. The highest BCUT2D eigenvalue weighted by molar-refractivity contribution is 5.84. The van der Waals surface area contributed by atoms with Crippen molar-refractivity contribution in [3.05, 3.63) is 38.5 Å². The predicted molar refractivity (Wildman–Crippen MR) is 111 cm³/mol. The second-order valence-corrected chi connectivity index (χ2v) is 6.92. The van der Waals surface area contributed by atoms with Crippen LogP contribution in [0.5, 0.6) is 0 Å². The molecule has 0 aliphatic carbocycles. The van der Waals surface area contributed by atoms with Crippen LogP contribution >= 0.6 is 0 Å². The zero-order chi connectivity index (χ0) is 21.7. The molecular weight excluding hydrogens is 392 g/mol. The third-order valence-corrected chi connectivity index (χ3v) is 4.77. The van der Waals surface area contributed by atoms with Gasteiger partial charge in [0.1, 0.15) is 0 Å². The third kappa shape index (κ3) is 4.63. The molecule has 11 heteroatoms. The number of H-pyrrole nitrogens is 1. The van der Waals surface area contributed by atoms with E-state index in [-0.39, 0.29) is 31.1 Å². The number of aliphatic hydroxyl groups excluding tert-OH is 2. The molecule has 30 heavy (non-hydrogen) atoms. The van der Waals surface area contributed by atoms with Crippen molar-refractivity contribution in [3.8, 4) is 11.5 Å². The number of aryl methyl sites for hydroxylation is 2. The van der Waals surface area contributed by atoms with Crippen molar-refractivity contribution in [2.45, 2.75) is 32.4 Å². The average molecular weight is 416 g/mol. The monoisotopic (exact) mass is 416 g/mol. The molecule has 1 aromatic rings. The molecule has 0 saturated carbocycles. The summed E-state index contributed by atoms with van der Waals surface area (Å²) < 4.78 is 1.68. The largest absolute Gasteiger partial charge is 0.396 e. The second-order valence-electron chi connectivity index (χ2n) is 6.92. The Morgan fingerprint density at radius 2 is 2.03 bits per heavy atom. The summed E-state index contributed by atoms with van der Waals surface area (Å²) in [5.74, 6) is 0.130. The van der Waals surface area contributed by atoms with Crippen LogP contribution in [0, 0.1) is 6.92 Å². The number of nitrogens with zero attached hydrogens (tertiary/aromatic N) is 3. The van der Waals surface area contributed by atoms with Crippen LogP contribution in [-0.4, -0.2) is 61.9 Å². The number of hydrogen-bond acceptors (Lipinski definition) is 8. The van der Waals surface area contributed by atoms with Crippen molar-refractivity contribution in [2.24, 2.45) is 0 Å². The molecule has 2 aliphatic heterocycles. The predicted octanol–water partition coefficient (Wildman–Crippen LogP) is -0.816. The minimum atomic E-state index is -0.774. The molecule has 5 N–H and O–H groups in total. The number of hydrogen-bond donors (Lipinski definition) is 5. The second kappa shape index (κ2) is 9.46. The lowest BCUT2D eigenvalue weighted by molar-refractivity contribution is -0.109. The Hall–Kier alpha value is -3.31. The Kier molecular flexibility index (Phi) is 6.75. The number of carbonyl (C=O) groups excluding carboxylic acids is 1. The van der Waals surface area contributed by atoms with E-state index < -0.39 is 17.4 Å². The number of aromatic nitrogens is 4. The molecule has 0 aromatic heterocycles. The zero-order valence-corrected chi connectivity index (χ0v) is 16.5. The molecule has 0 unspecified atom stereocenters. The summed E-state index contributed by atoms with van der Waals surface area (Å²) in [7, 11) is 0. The fourth-order valence-corrected chi connectivity index (χ4v) is 3.26. The minimum Gasteiger partial charge on any atom is -0.396 e. The topological polar surface area (TPSA) is 162 Å². The molecule has 2 aliphatic rings. The van der Waals surface area contributed by atoms with Crippen molar-refractivity contribution in [3.63, 3.8) is 0 Å². The van der Waals surface area contributed by atoms with Crippen LogP contribution in [0.15, 0.2) is 21.7 Å². The molecule has 0 fully saturated rings. The van der Waals surface area contributed by atoms with Gasteiger partial charge in [0.15, 0.2) is 11.5 Å². The van der Waals surface area contributed by atoms with Crippen LogP contribution in [-0.2, 0) is 11.3 Å². The Labute approximate surface area is 171 Å². The molecule has 11 nitrogen and oxygen atoms in total. The van der Waals surface area contributed by atoms with E-state index in [0.717, 1.165) is 11.3 Å². The first kappa shape index (κ1) is 21.4. The lowest BCUT2D eigenvalue weighted by Gasteiger charge is -2.20. The van der Waals surface area contributed by atoms with Gasteiger partial charge in [0, 0.05) is 31.9 Å². The highest BCUT2D eigenvalue weighted by atomic mass is 16.3. The summed E-state index contributed by atoms with van der Waals surface area (Å²) in [6.45, 7) is 2.96. The Morgan fingerprint density at radius 1 is 1.23 bits per heavy atom. The van der Waals surface area contributed by atoms with Crippen LogP contribution in [0.2, 0.25) is 0 Å². The van der Waals surface area contributed by atoms with Crippen LogP contribution in [0.1, 0.15) is 18.4 Å². The summed E-state index contributed by atoms with van der Waals surface area (Å²) in [5, 5.41) is 24.9. The van der Waals surface area contributed by atoms with Crippen molar-refractivity contribution in [2.75, 3.05) is 25.0 Å². The SMILES string of the molecule is Cc1cc2nc3c(=O)[nH]c(=O)nc-3n(CC[C@H](O)CCO)c2cc1NCCNC=O. The Morgan fingerprint density at radius 3 is 2.77 bits per heavy atom. The maximum atomic E-state index is 12.3. The van der Waals surface area contributed by atoms with Gasteiger partial charge in [-0.2, -0.15) is 4.98 Å². The van der Waals surface area contributed by atoms with Gasteiger partial charge in [0.25, 0.3) is 5.56 Å². The lowest BCUT2D eigenvalue weighted by Crippen LogP contribution is -2.29. The average Bonchev–Trinajstić information content (AvgIpc) is 2.70. The van der Waals surface area contributed by atoms with Crippen LogP contribution in [0.3, 0.4) is 0 Å². The first-order chi connectivity index (χ1) is 14.4. The number of anilines is 1. The molecule has 2 heterocycles. The highest BCUT2D eigenvalue weighted by Crippen LogP contribution is 2.27. The van der Waals surface area contributed by atoms with Gasteiger partial charge in [-0.1, -0.05) is 0 Å². The Bertz CT molecular complexity index is 1120. The first-order valence-electron chi connectivity index (χ1n) is 9.59. The molecule has 1 atom stereocenters. The van der Waals surface area contributed by atoms with Gasteiger partial charge < -0.3 is 25.4 Å². The molecular formula is C19H24N6O5. The number of fused-ring (bicyclic) bond motifs is 2. The van der Waals surface area contributed by atoms with E-state index in [1.54, 1.807) is 4.57 Å². The highest BCUT2D eigenvalue weighted by Gasteiger charge is 2.20. The van der Waals surface area contributed by atoms with Gasteiger partial charge in [0.05, 0.1) is 17.1 Å². The van der Waals surface area contributed by atoms with E-state index in [1.807, 2.05) is 19.1 Å². The van der Waals surface area contributed by atoms with Crippen molar-refractivity contribution >= 4 is 23.1 Å². The number of aromatic amines is 1. The quantitative estimate of drug-likeness (QED) is 0.163. The molecule has 1 aromatic carbocycles. The van der Waals surface area contributed by atoms with E-state index in [0.29, 0.717) is 37.0 Å². The summed E-state index contributed by atoms with van der Waals surface area (Å²) >= 11 is 0. The smallest absolute Gasteiger partial charge is 0.349 e. The fourth-order valence-electron chi connectivity index (χ4n) is 3.26. The van der Waals surface area contributed by atoms with Crippen molar-refractivity contribution in [1.82, 2.24) is 24.8 Å². The van der Waals surface area contributed by atoms with Crippen LogP contribution < -0.4 is 21.9 Å². The molecule has 0 spiro atoms. The Balaban J connectivity index is 2.12. The molecule has 0 saturated heterocycles. The van der Waals surface area contributed by atoms with Crippen molar-refractivity contribution < 1.29 is 15.0 Å². The van der Waals surface area contributed by atoms with Gasteiger partial charge in [-0.05, 0) is 37.5 Å². The molecule has 0 bridgehead atoms. The molecule has 3 rings (SSSR count). The van der Waals surface area contributed by atoms with Gasteiger partial charge in [0.2, 0.25) is 6.41 Å². The normalized spacial score (nSPS) is 12.2. The van der Waals surface area contributed by atoms with Crippen molar-refractivity contribution in [1.29, 1.82) is 0 Å². The standard InChI is InChI=1S/C19H24N6O5/c1-11-8-14-15(9-13(11)21-5-4-20-10-27)25(6-2-12(28)3-7-26)17-16(22-14)18(29)24-19(30)23-17/h8-10,12,21,26,28H,2-7H2,1H3,(H,20,27)(H,24,29,30)/t12-/m0/s1. The maximum Gasteiger partial charge on any atom is 0.349 e. The molecule has 1 amide bonds. The number of amides is 1. The summed E-state index contributed by atoms with van der Waals surface area (Å²) in [6.07, 6.45) is 0.396. The van der Waals surface area contributed by atoms with Gasteiger partial charge in [-0.25, -0.2) is 9.78 Å². The third-order valence-electron chi connectivity index (χ3n) is 4.77. The number of carbonyl (C=O) groups is 1. The van der Waals surface area contributed by atoms with E-state index in [9.17, 15) is 19.5 Å². The van der Waals surface area contributed by atoms with Gasteiger partial charge in [-0.3, -0.25) is 14.6 Å². The zero-order valence-electron chi connectivity index (χ0n) is 16.5. The molecule has 160 valence electrons. The van der Waals surface area contributed by atoms with E-state index >= 15 is 0 Å². The number of aliphatic hydroxyl groups is 2. The summed E-state index contributed by atoms with van der Waals surface area (Å²) in [4.78, 5) is 45.0. The van der Waals surface area contributed by atoms with Crippen LogP contribution in [0.25, 0.3) is 22.6 Å².